The van der Waals surface area contributed by atoms with E-state index >= 15 is 0 Å². The van der Waals surface area contributed by atoms with E-state index < -0.39 is 0 Å². The third kappa shape index (κ3) is 5.32. The van der Waals surface area contributed by atoms with Crippen LogP contribution in [0.2, 0.25) is 0 Å². The normalized spacial score (nSPS) is 16.3. The van der Waals surface area contributed by atoms with Crippen molar-refractivity contribution in [3.8, 4) is 0 Å². The molecule has 7 nitrogen and oxygen atoms in total. The number of hydrogen-bond acceptors (Lipinski definition) is 5. The van der Waals surface area contributed by atoms with Gasteiger partial charge >= 0.3 is 0 Å². The van der Waals surface area contributed by atoms with Crippen LogP contribution in [0.5, 0.6) is 0 Å². The molecule has 1 unspecified atom stereocenters. The van der Waals surface area contributed by atoms with Gasteiger partial charge in [-0.2, -0.15) is 0 Å². The zero-order valence-corrected chi connectivity index (χ0v) is 16.6. The Hall–Kier alpha value is -2.87. The third-order valence-electron chi connectivity index (χ3n) is 4.64. The van der Waals surface area contributed by atoms with Crippen LogP contribution in [-0.2, 0) is 9.59 Å². The van der Waals surface area contributed by atoms with Gasteiger partial charge in [-0.05, 0) is 43.3 Å². The van der Waals surface area contributed by atoms with Crippen molar-refractivity contribution in [3.63, 3.8) is 0 Å². The van der Waals surface area contributed by atoms with E-state index in [0.717, 1.165) is 17.7 Å². The molecule has 2 aromatic rings. The fraction of sp³-hybridized carbons (Fsp3) is 0.350. The standard InChI is InChI=1S/C20H24N4O3S/c1-14-6-8-16(9-7-14)21-12-18(25)22-23-19(26)15-4-2-10-24(13-15)20(27)17-5-3-11-28-17/h3,5-9,11,15,21H,2,4,10,12-13H2,1H3,(H,22,25)(H,23,26). The van der Waals surface area contributed by atoms with Crippen LogP contribution in [0, 0.1) is 12.8 Å². The number of hydrazine groups is 1. The first-order valence-electron chi connectivity index (χ1n) is 9.25. The highest BCUT2D eigenvalue weighted by Crippen LogP contribution is 2.20. The Bertz CT molecular complexity index is 820. The van der Waals surface area contributed by atoms with Gasteiger partial charge < -0.3 is 10.2 Å². The van der Waals surface area contributed by atoms with Crippen LogP contribution in [0.25, 0.3) is 0 Å². The number of piperidine rings is 1. The lowest BCUT2D eigenvalue weighted by molar-refractivity contribution is -0.131. The predicted octanol–water partition coefficient (Wildman–Crippen LogP) is 2.17. The topological polar surface area (TPSA) is 90.5 Å². The van der Waals surface area contributed by atoms with Crippen molar-refractivity contribution in [2.75, 3.05) is 25.0 Å². The monoisotopic (exact) mass is 400 g/mol. The van der Waals surface area contributed by atoms with Crippen molar-refractivity contribution in [1.82, 2.24) is 15.8 Å². The Morgan fingerprint density at radius 1 is 1.14 bits per heavy atom. The minimum Gasteiger partial charge on any atom is -0.376 e. The van der Waals surface area contributed by atoms with Crippen molar-refractivity contribution in [1.29, 1.82) is 0 Å². The Balaban J connectivity index is 1.43. The number of nitrogens with one attached hydrogen (secondary N) is 3. The molecule has 2 heterocycles. The second-order valence-electron chi connectivity index (χ2n) is 6.82. The fourth-order valence-corrected chi connectivity index (χ4v) is 3.75. The quantitative estimate of drug-likeness (QED) is 0.671. The number of aryl methyl sites for hydroxylation is 1. The Kier molecular flexibility index (Phi) is 6.65. The van der Waals surface area contributed by atoms with Crippen LogP contribution in [0.15, 0.2) is 41.8 Å². The molecule has 1 atom stereocenters. The van der Waals surface area contributed by atoms with Crippen LogP contribution >= 0.6 is 11.3 Å². The summed E-state index contributed by atoms with van der Waals surface area (Å²) in [4.78, 5) is 39.2. The van der Waals surface area contributed by atoms with E-state index in [1.165, 1.54) is 11.3 Å². The highest BCUT2D eigenvalue weighted by atomic mass is 32.1. The summed E-state index contributed by atoms with van der Waals surface area (Å²) in [5, 5.41) is 4.86. The van der Waals surface area contributed by atoms with Crippen molar-refractivity contribution >= 4 is 34.7 Å². The largest absolute Gasteiger partial charge is 0.376 e. The van der Waals surface area contributed by atoms with E-state index in [-0.39, 0.29) is 30.2 Å². The van der Waals surface area contributed by atoms with Gasteiger partial charge in [-0.15, -0.1) is 11.3 Å². The molecule has 1 saturated heterocycles. The third-order valence-corrected chi connectivity index (χ3v) is 5.50. The molecule has 0 aliphatic carbocycles. The predicted molar refractivity (Wildman–Crippen MR) is 109 cm³/mol. The molecule has 0 bridgehead atoms. The summed E-state index contributed by atoms with van der Waals surface area (Å²) in [6.45, 7) is 3.05. The number of likely N-dealkylation sites (tertiary alicyclic amines) is 1. The summed E-state index contributed by atoms with van der Waals surface area (Å²) in [6.07, 6.45) is 1.45. The van der Waals surface area contributed by atoms with Gasteiger partial charge in [0.05, 0.1) is 17.3 Å². The number of carbonyl (C=O) groups excluding carboxylic acids is 3. The first kappa shape index (κ1) is 19.9. The summed E-state index contributed by atoms with van der Waals surface area (Å²) in [5.41, 5.74) is 6.88. The fourth-order valence-electron chi connectivity index (χ4n) is 3.06. The van der Waals surface area contributed by atoms with Crippen LogP contribution in [-0.4, -0.2) is 42.3 Å². The average molecular weight is 401 g/mol. The van der Waals surface area contributed by atoms with E-state index in [1.807, 2.05) is 42.6 Å². The number of benzene rings is 1. The Morgan fingerprint density at radius 2 is 1.93 bits per heavy atom. The maximum Gasteiger partial charge on any atom is 0.263 e. The van der Waals surface area contributed by atoms with Crippen LogP contribution in [0.3, 0.4) is 0 Å². The van der Waals surface area contributed by atoms with Gasteiger partial charge in [0.25, 0.3) is 11.8 Å². The second kappa shape index (κ2) is 9.36. The molecule has 8 heteroatoms. The average Bonchev–Trinajstić information content (AvgIpc) is 3.26. The molecule has 1 aromatic carbocycles. The minimum absolute atomic E-state index is 0.0427. The van der Waals surface area contributed by atoms with Crippen molar-refractivity contribution in [2.24, 2.45) is 5.92 Å². The van der Waals surface area contributed by atoms with Crippen molar-refractivity contribution in [2.45, 2.75) is 19.8 Å². The summed E-state index contributed by atoms with van der Waals surface area (Å²) >= 11 is 1.40. The van der Waals surface area contributed by atoms with Gasteiger partial charge in [-0.25, -0.2) is 0 Å². The zero-order chi connectivity index (χ0) is 19.9. The van der Waals surface area contributed by atoms with Gasteiger partial charge in [0.1, 0.15) is 0 Å². The Morgan fingerprint density at radius 3 is 2.64 bits per heavy atom. The first-order chi connectivity index (χ1) is 13.5. The highest BCUT2D eigenvalue weighted by Gasteiger charge is 2.29. The molecule has 1 fully saturated rings. The molecule has 1 aliphatic rings. The van der Waals surface area contributed by atoms with E-state index in [1.54, 1.807) is 11.0 Å². The number of hydrogen-bond donors (Lipinski definition) is 3. The molecule has 3 amide bonds. The Labute approximate surface area is 168 Å². The van der Waals surface area contributed by atoms with Gasteiger partial charge in [-0.1, -0.05) is 23.8 Å². The van der Waals surface area contributed by atoms with Gasteiger partial charge in [-0.3, -0.25) is 25.2 Å². The smallest absolute Gasteiger partial charge is 0.263 e. The van der Waals surface area contributed by atoms with Crippen LogP contribution < -0.4 is 16.2 Å². The maximum absolute atomic E-state index is 12.5. The second-order valence-corrected chi connectivity index (χ2v) is 7.77. The van der Waals surface area contributed by atoms with Gasteiger partial charge in [0.2, 0.25) is 5.91 Å². The molecule has 1 aliphatic heterocycles. The molecule has 0 saturated carbocycles. The molecule has 0 spiro atoms. The van der Waals surface area contributed by atoms with E-state index in [2.05, 4.69) is 16.2 Å². The summed E-state index contributed by atoms with van der Waals surface area (Å²) in [7, 11) is 0. The number of thiophene rings is 1. The maximum atomic E-state index is 12.5. The number of anilines is 1. The van der Waals surface area contributed by atoms with Crippen molar-refractivity contribution < 1.29 is 14.4 Å². The molecule has 28 heavy (non-hydrogen) atoms. The molecule has 1 aromatic heterocycles. The first-order valence-corrected chi connectivity index (χ1v) is 10.1. The SMILES string of the molecule is Cc1ccc(NCC(=O)NNC(=O)C2CCCN(C(=O)c3cccs3)C2)cc1. The number of carbonyl (C=O) groups is 3. The lowest BCUT2D eigenvalue weighted by Crippen LogP contribution is -2.50. The van der Waals surface area contributed by atoms with Gasteiger partial charge in [0.15, 0.2) is 0 Å². The summed E-state index contributed by atoms with van der Waals surface area (Å²) in [5.74, 6) is -0.981. The lowest BCUT2D eigenvalue weighted by Gasteiger charge is -2.31. The van der Waals surface area contributed by atoms with Crippen LogP contribution in [0.1, 0.15) is 28.1 Å². The van der Waals surface area contributed by atoms with E-state index in [4.69, 9.17) is 0 Å². The number of rotatable bonds is 5. The molecule has 3 N–H and O–H groups in total. The van der Waals surface area contributed by atoms with Gasteiger partial charge in [0, 0.05) is 18.8 Å². The summed E-state index contributed by atoms with van der Waals surface area (Å²) < 4.78 is 0. The molecule has 3 rings (SSSR count). The highest BCUT2D eigenvalue weighted by molar-refractivity contribution is 7.12. The molecule has 148 valence electrons. The molecular weight excluding hydrogens is 376 g/mol. The minimum atomic E-state index is -0.337. The lowest BCUT2D eigenvalue weighted by atomic mass is 9.97. The summed E-state index contributed by atoms with van der Waals surface area (Å²) in [6, 6.07) is 11.3. The molecule has 0 radical (unpaired) electrons. The van der Waals surface area contributed by atoms with Crippen LogP contribution in [0.4, 0.5) is 5.69 Å². The van der Waals surface area contributed by atoms with Crippen molar-refractivity contribution in [3.05, 3.63) is 52.2 Å². The molecular formula is C20H24N4O3S. The van der Waals surface area contributed by atoms with E-state index in [0.29, 0.717) is 24.4 Å². The number of nitrogens with zero attached hydrogens (tertiary/aromatic N) is 1. The number of amides is 3. The van der Waals surface area contributed by atoms with E-state index in [9.17, 15) is 14.4 Å². The zero-order valence-electron chi connectivity index (χ0n) is 15.7.